The van der Waals surface area contributed by atoms with Crippen LogP contribution >= 0.6 is 0 Å². The van der Waals surface area contributed by atoms with Gasteiger partial charge in [0.1, 0.15) is 0 Å². The fourth-order valence-electron chi connectivity index (χ4n) is 1.47. The normalized spacial score (nSPS) is 11.6. The maximum Gasteiger partial charge on any atom is 0.347 e. The quantitative estimate of drug-likeness (QED) is 0.465. The van der Waals surface area contributed by atoms with Gasteiger partial charge in [-0.15, -0.1) is 0 Å². The molecule has 0 aliphatic heterocycles. The van der Waals surface area contributed by atoms with Gasteiger partial charge in [0, 0.05) is 11.6 Å². The van der Waals surface area contributed by atoms with Crippen molar-refractivity contribution in [2.75, 3.05) is 6.61 Å². The van der Waals surface area contributed by atoms with Crippen LogP contribution in [0.15, 0.2) is 18.2 Å². The summed E-state index contributed by atoms with van der Waals surface area (Å²) in [7, 11) is 0. The second-order valence-corrected chi connectivity index (χ2v) is 4.06. The Balaban J connectivity index is 2.85. The largest absolute Gasteiger partial charge is 0.463 e. The Kier molecular flexibility index (Phi) is 5.19. The number of aryl methyl sites for hydroxylation is 1. The molecule has 1 atom stereocenters. The Morgan fingerprint density at radius 1 is 1.40 bits per heavy atom. The number of carbonyl (C=O) groups is 2. The molecular formula is C13H15NO6. The molecule has 0 saturated carbocycles. The molecule has 0 heterocycles. The summed E-state index contributed by atoms with van der Waals surface area (Å²) in [6.45, 7) is 4.75. The molecule has 0 fully saturated rings. The first-order valence-corrected chi connectivity index (χ1v) is 5.99. The number of nitro groups is 1. The number of rotatable bonds is 5. The van der Waals surface area contributed by atoms with Crippen LogP contribution in [0.2, 0.25) is 0 Å². The summed E-state index contributed by atoms with van der Waals surface area (Å²) in [4.78, 5) is 33.3. The monoisotopic (exact) mass is 281 g/mol. The zero-order valence-electron chi connectivity index (χ0n) is 11.4. The maximum absolute atomic E-state index is 11.8. The Morgan fingerprint density at radius 3 is 2.60 bits per heavy atom. The van der Waals surface area contributed by atoms with Crippen LogP contribution in [0, 0.1) is 17.0 Å². The molecule has 0 radical (unpaired) electrons. The molecule has 7 heteroatoms. The topological polar surface area (TPSA) is 95.7 Å². The minimum absolute atomic E-state index is 0.0125. The highest BCUT2D eigenvalue weighted by molar-refractivity contribution is 5.92. The van der Waals surface area contributed by atoms with Gasteiger partial charge in [-0.25, -0.2) is 9.59 Å². The smallest absolute Gasteiger partial charge is 0.347 e. The van der Waals surface area contributed by atoms with Gasteiger partial charge in [-0.05, 0) is 26.8 Å². The van der Waals surface area contributed by atoms with Crippen LogP contribution in [0.4, 0.5) is 5.69 Å². The molecule has 0 spiro atoms. The average molecular weight is 281 g/mol. The summed E-state index contributed by atoms with van der Waals surface area (Å²) in [6.07, 6.45) is -1.07. The van der Waals surface area contributed by atoms with Gasteiger partial charge in [0.15, 0.2) is 6.10 Å². The van der Waals surface area contributed by atoms with E-state index in [1.807, 2.05) is 0 Å². The Labute approximate surface area is 115 Å². The van der Waals surface area contributed by atoms with Crippen molar-refractivity contribution >= 4 is 17.6 Å². The highest BCUT2D eigenvalue weighted by Gasteiger charge is 2.21. The minimum atomic E-state index is -1.07. The maximum atomic E-state index is 11.8. The first kappa shape index (κ1) is 15.6. The SMILES string of the molecule is CCOC(=O)[C@H](C)OC(=O)c1ccc(C)c([N+](=O)[O-])c1. The van der Waals surface area contributed by atoms with Crippen LogP contribution < -0.4 is 0 Å². The van der Waals surface area contributed by atoms with Gasteiger partial charge >= 0.3 is 11.9 Å². The molecule has 1 aromatic carbocycles. The molecule has 0 unspecified atom stereocenters. The second-order valence-electron chi connectivity index (χ2n) is 4.06. The first-order chi connectivity index (χ1) is 9.36. The van der Waals surface area contributed by atoms with Crippen LogP contribution in [0.1, 0.15) is 29.8 Å². The van der Waals surface area contributed by atoms with E-state index < -0.39 is 23.0 Å². The van der Waals surface area contributed by atoms with Crippen LogP contribution in [-0.2, 0) is 14.3 Å². The number of hydrogen-bond donors (Lipinski definition) is 0. The van der Waals surface area contributed by atoms with Gasteiger partial charge in [0.2, 0.25) is 0 Å². The van der Waals surface area contributed by atoms with Gasteiger partial charge in [-0.2, -0.15) is 0 Å². The van der Waals surface area contributed by atoms with E-state index in [2.05, 4.69) is 0 Å². The number of esters is 2. The minimum Gasteiger partial charge on any atom is -0.463 e. The predicted molar refractivity (Wildman–Crippen MR) is 69.3 cm³/mol. The molecule has 0 saturated heterocycles. The molecule has 20 heavy (non-hydrogen) atoms. The molecule has 0 N–H and O–H groups in total. The lowest BCUT2D eigenvalue weighted by molar-refractivity contribution is -0.385. The molecule has 0 amide bonds. The Hall–Kier alpha value is -2.44. The van der Waals surface area contributed by atoms with E-state index in [4.69, 9.17) is 9.47 Å². The highest BCUT2D eigenvalue weighted by Crippen LogP contribution is 2.20. The summed E-state index contributed by atoms with van der Waals surface area (Å²) < 4.78 is 9.59. The lowest BCUT2D eigenvalue weighted by atomic mass is 10.1. The van der Waals surface area contributed by atoms with Crippen molar-refractivity contribution in [3.8, 4) is 0 Å². The molecule has 108 valence electrons. The van der Waals surface area contributed by atoms with Crippen LogP contribution in [-0.4, -0.2) is 29.6 Å². The molecule has 1 rings (SSSR count). The summed E-state index contributed by atoms with van der Waals surface area (Å²) in [5.41, 5.74) is 0.270. The van der Waals surface area contributed by atoms with E-state index in [0.717, 1.165) is 6.07 Å². The number of carbonyl (C=O) groups excluding carboxylic acids is 2. The standard InChI is InChI=1S/C13H15NO6/c1-4-19-12(15)9(3)20-13(16)10-6-5-8(2)11(7-10)14(17)18/h5-7,9H,4H2,1-3H3/t9-/m0/s1. The van der Waals surface area contributed by atoms with Crippen molar-refractivity contribution in [2.24, 2.45) is 0 Å². The molecule has 7 nitrogen and oxygen atoms in total. The Bertz CT molecular complexity index is 540. The van der Waals surface area contributed by atoms with Crippen molar-refractivity contribution in [3.63, 3.8) is 0 Å². The third-order valence-corrected chi connectivity index (χ3v) is 2.54. The Morgan fingerprint density at radius 2 is 2.05 bits per heavy atom. The fourth-order valence-corrected chi connectivity index (χ4v) is 1.47. The van der Waals surface area contributed by atoms with Crippen molar-refractivity contribution in [1.29, 1.82) is 0 Å². The van der Waals surface area contributed by atoms with Crippen LogP contribution in [0.5, 0.6) is 0 Å². The van der Waals surface area contributed by atoms with Crippen molar-refractivity contribution in [2.45, 2.75) is 26.9 Å². The van der Waals surface area contributed by atoms with Crippen molar-refractivity contribution < 1.29 is 24.0 Å². The summed E-state index contributed by atoms with van der Waals surface area (Å²) in [5, 5.41) is 10.8. The second kappa shape index (κ2) is 6.65. The van der Waals surface area contributed by atoms with E-state index in [-0.39, 0.29) is 17.9 Å². The number of hydrogen-bond acceptors (Lipinski definition) is 6. The first-order valence-electron chi connectivity index (χ1n) is 5.99. The molecule has 0 aromatic heterocycles. The number of nitro benzene ring substituents is 1. The molecule has 0 bridgehead atoms. The molecular weight excluding hydrogens is 266 g/mol. The number of nitrogens with zero attached hydrogens (tertiary/aromatic N) is 1. The third kappa shape index (κ3) is 3.78. The summed E-state index contributed by atoms with van der Waals surface area (Å²) >= 11 is 0. The number of ether oxygens (including phenoxy) is 2. The zero-order valence-corrected chi connectivity index (χ0v) is 11.4. The van der Waals surface area contributed by atoms with E-state index in [1.165, 1.54) is 19.1 Å². The van der Waals surface area contributed by atoms with Gasteiger partial charge in [-0.3, -0.25) is 10.1 Å². The lowest BCUT2D eigenvalue weighted by Crippen LogP contribution is -2.26. The van der Waals surface area contributed by atoms with E-state index >= 15 is 0 Å². The van der Waals surface area contributed by atoms with Crippen LogP contribution in [0.25, 0.3) is 0 Å². The zero-order chi connectivity index (χ0) is 15.3. The van der Waals surface area contributed by atoms with Gasteiger partial charge in [-0.1, -0.05) is 6.07 Å². The average Bonchev–Trinajstić information content (AvgIpc) is 2.38. The third-order valence-electron chi connectivity index (χ3n) is 2.54. The summed E-state index contributed by atoms with van der Waals surface area (Å²) in [5.74, 6) is -1.48. The van der Waals surface area contributed by atoms with Crippen molar-refractivity contribution in [1.82, 2.24) is 0 Å². The molecule has 0 aliphatic rings. The van der Waals surface area contributed by atoms with Gasteiger partial charge in [0.05, 0.1) is 17.1 Å². The highest BCUT2D eigenvalue weighted by atomic mass is 16.6. The van der Waals surface area contributed by atoms with E-state index in [9.17, 15) is 19.7 Å². The predicted octanol–water partition coefficient (Wildman–Crippen LogP) is 2.01. The summed E-state index contributed by atoms with van der Waals surface area (Å²) in [6, 6.07) is 3.97. The molecule has 0 aliphatic carbocycles. The number of benzene rings is 1. The fraction of sp³-hybridized carbons (Fsp3) is 0.385. The van der Waals surface area contributed by atoms with Crippen LogP contribution in [0.3, 0.4) is 0 Å². The van der Waals surface area contributed by atoms with E-state index in [1.54, 1.807) is 13.8 Å². The van der Waals surface area contributed by atoms with Gasteiger partial charge < -0.3 is 9.47 Å². The van der Waals surface area contributed by atoms with E-state index in [0.29, 0.717) is 5.56 Å². The lowest BCUT2D eigenvalue weighted by Gasteiger charge is -2.12. The van der Waals surface area contributed by atoms with Crippen molar-refractivity contribution in [3.05, 3.63) is 39.4 Å². The molecule has 1 aromatic rings. The van der Waals surface area contributed by atoms with Gasteiger partial charge in [0.25, 0.3) is 5.69 Å².